The van der Waals surface area contributed by atoms with Gasteiger partial charge in [-0.1, -0.05) is 24.3 Å². The van der Waals surface area contributed by atoms with E-state index in [-0.39, 0.29) is 5.54 Å². The Morgan fingerprint density at radius 3 is 2.40 bits per heavy atom. The molecule has 2 N–H and O–H groups in total. The Hall–Kier alpha value is -0.860. The molecule has 1 fully saturated rings. The van der Waals surface area contributed by atoms with Crippen LogP contribution in [-0.4, -0.2) is 13.7 Å². The van der Waals surface area contributed by atoms with Crippen LogP contribution in [0, 0.1) is 0 Å². The third-order valence-corrected chi connectivity index (χ3v) is 3.37. The predicted octanol–water partition coefficient (Wildman–Crippen LogP) is 2.21. The molecule has 2 nitrogen and oxygen atoms in total. The Bertz CT molecular complexity index is 314. The Morgan fingerprint density at radius 1 is 1.27 bits per heavy atom. The average molecular weight is 205 g/mol. The van der Waals surface area contributed by atoms with Crippen molar-refractivity contribution in [2.24, 2.45) is 5.73 Å². The largest absolute Gasteiger partial charge is 0.384 e. The number of benzene rings is 1. The standard InChI is InChI=1S/C13H19NO/c1-15-10-7-11-3-5-12(6-4-11)13(14)8-2-9-13/h3-6H,2,7-10,14H2,1H3. The molecule has 1 aliphatic carbocycles. The van der Waals surface area contributed by atoms with E-state index >= 15 is 0 Å². The number of hydrogen-bond acceptors (Lipinski definition) is 2. The molecule has 2 heteroatoms. The Morgan fingerprint density at radius 2 is 1.93 bits per heavy atom. The zero-order valence-electron chi connectivity index (χ0n) is 9.33. The molecule has 0 amide bonds. The molecular weight excluding hydrogens is 186 g/mol. The van der Waals surface area contributed by atoms with Gasteiger partial charge in [-0.25, -0.2) is 0 Å². The maximum atomic E-state index is 6.25. The quantitative estimate of drug-likeness (QED) is 0.818. The first kappa shape index (κ1) is 10.7. The summed E-state index contributed by atoms with van der Waals surface area (Å²) in [5.74, 6) is 0. The van der Waals surface area contributed by atoms with Gasteiger partial charge < -0.3 is 10.5 Å². The number of hydrogen-bond donors (Lipinski definition) is 1. The normalized spacial score (nSPS) is 18.5. The van der Waals surface area contributed by atoms with Gasteiger partial charge in [0.2, 0.25) is 0 Å². The van der Waals surface area contributed by atoms with Crippen LogP contribution in [-0.2, 0) is 16.7 Å². The highest BCUT2D eigenvalue weighted by molar-refractivity contribution is 5.30. The van der Waals surface area contributed by atoms with Gasteiger partial charge in [-0.05, 0) is 36.8 Å². The summed E-state index contributed by atoms with van der Waals surface area (Å²) in [7, 11) is 1.73. The summed E-state index contributed by atoms with van der Waals surface area (Å²) < 4.78 is 5.05. The van der Waals surface area contributed by atoms with Gasteiger partial charge in [0.1, 0.15) is 0 Å². The highest BCUT2D eigenvalue weighted by atomic mass is 16.5. The second-order valence-electron chi connectivity index (χ2n) is 4.45. The smallest absolute Gasteiger partial charge is 0.0502 e. The van der Waals surface area contributed by atoms with Gasteiger partial charge in [0.05, 0.1) is 6.61 Å². The lowest BCUT2D eigenvalue weighted by molar-refractivity contribution is 0.202. The summed E-state index contributed by atoms with van der Waals surface area (Å²) >= 11 is 0. The molecule has 0 heterocycles. The van der Waals surface area contributed by atoms with Crippen molar-refractivity contribution in [2.75, 3.05) is 13.7 Å². The van der Waals surface area contributed by atoms with Crippen LogP contribution >= 0.6 is 0 Å². The molecule has 0 bridgehead atoms. The molecule has 1 saturated carbocycles. The lowest BCUT2D eigenvalue weighted by Crippen LogP contribution is -2.43. The molecule has 0 aromatic heterocycles. The summed E-state index contributed by atoms with van der Waals surface area (Å²) in [6.07, 6.45) is 4.51. The first-order valence-electron chi connectivity index (χ1n) is 5.62. The van der Waals surface area contributed by atoms with Gasteiger partial charge in [-0.2, -0.15) is 0 Å². The van der Waals surface area contributed by atoms with Crippen LogP contribution < -0.4 is 5.73 Å². The third-order valence-electron chi connectivity index (χ3n) is 3.37. The second kappa shape index (κ2) is 4.33. The van der Waals surface area contributed by atoms with E-state index in [1.807, 2.05) is 0 Å². The molecule has 1 aromatic rings. The van der Waals surface area contributed by atoms with E-state index in [1.165, 1.54) is 17.5 Å². The van der Waals surface area contributed by atoms with Gasteiger partial charge in [-0.3, -0.25) is 0 Å². The van der Waals surface area contributed by atoms with Crippen molar-refractivity contribution in [2.45, 2.75) is 31.2 Å². The van der Waals surface area contributed by atoms with Crippen molar-refractivity contribution in [3.05, 3.63) is 35.4 Å². The van der Waals surface area contributed by atoms with Crippen LogP contribution in [0.4, 0.5) is 0 Å². The molecule has 2 rings (SSSR count). The maximum absolute atomic E-state index is 6.25. The Labute approximate surface area is 91.4 Å². The minimum absolute atomic E-state index is 0.0280. The molecule has 1 aliphatic rings. The predicted molar refractivity (Wildman–Crippen MR) is 61.7 cm³/mol. The average Bonchev–Trinajstić information content (AvgIpc) is 2.24. The van der Waals surface area contributed by atoms with Crippen LogP contribution in [0.15, 0.2) is 24.3 Å². The molecule has 0 aliphatic heterocycles. The number of methoxy groups -OCH3 is 1. The van der Waals surface area contributed by atoms with Gasteiger partial charge in [0, 0.05) is 12.6 Å². The fraction of sp³-hybridized carbons (Fsp3) is 0.538. The first-order chi connectivity index (χ1) is 7.24. The maximum Gasteiger partial charge on any atom is 0.0502 e. The molecule has 0 spiro atoms. The molecule has 15 heavy (non-hydrogen) atoms. The van der Waals surface area contributed by atoms with Crippen LogP contribution in [0.25, 0.3) is 0 Å². The number of nitrogens with two attached hydrogens (primary N) is 1. The molecule has 1 aromatic carbocycles. The van der Waals surface area contributed by atoms with E-state index in [1.54, 1.807) is 7.11 Å². The molecule has 0 radical (unpaired) electrons. The van der Waals surface area contributed by atoms with Gasteiger partial charge in [-0.15, -0.1) is 0 Å². The van der Waals surface area contributed by atoms with E-state index in [2.05, 4.69) is 24.3 Å². The highest BCUT2D eigenvalue weighted by Crippen LogP contribution is 2.38. The molecule has 0 atom stereocenters. The highest BCUT2D eigenvalue weighted by Gasteiger charge is 2.33. The van der Waals surface area contributed by atoms with Crippen molar-refractivity contribution in [3.8, 4) is 0 Å². The Balaban J connectivity index is 2.03. The van der Waals surface area contributed by atoms with E-state index in [4.69, 9.17) is 10.5 Å². The van der Waals surface area contributed by atoms with Crippen LogP contribution in [0.1, 0.15) is 30.4 Å². The summed E-state index contributed by atoms with van der Waals surface area (Å²) in [4.78, 5) is 0. The fourth-order valence-corrected chi connectivity index (χ4v) is 2.07. The zero-order chi connectivity index (χ0) is 10.7. The van der Waals surface area contributed by atoms with E-state index in [0.29, 0.717) is 0 Å². The van der Waals surface area contributed by atoms with Crippen molar-refractivity contribution in [1.29, 1.82) is 0 Å². The monoisotopic (exact) mass is 205 g/mol. The van der Waals surface area contributed by atoms with Gasteiger partial charge in [0.15, 0.2) is 0 Å². The van der Waals surface area contributed by atoms with E-state index < -0.39 is 0 Å². The van der Waals surface area contributed by atoms with Gasteiger partial charge >= 0.3 is 0 Å². The summed E-state index contributed by atoms with van der Waals surface area (Å²) in [5.41, 5.74) is 8.83. The topological polar surface area (TPSA) is 35.2 Å². The molecule has 0 saturated heterocycles. The lowest BCUT2D eigenvalue weighted by Gasteiger charge is -2.38. The van der Waals surface area contributed by atoms with Crippen molar-refractivity contribution in [1.82, 2.24) is 0 Å². The molecule has 82 valence electrons. The van der Waals surface area contributed by atoms with Crippen LogP contribution in [0.2, 0.25) is 0 Å². The Kier molecular flexibility index (Phi) is 3.08. The fourth-order valence-electron chi connectivity index (χ4n) is 2.07. The summed E-state index contributed by atoms with van der Waals surface area (Å²) in [6.45, 7) is 0.785. The van der Waals surface area contributed by atoms with Crippen molar-refractivity contribution >= 4 is 0 Å². The van der Waals surface area contributed by atoms with Crippen LogP contribution in [0.3, 0.4) is 0 Å². The van der Waals surface area contributed by atoms with Gasteiger partial charge in [0.25, 0.3) is 0 Å². The number of ether oxygens (including phenoxy) is 1. The first-order valence-corrected chi connectivity index (χ1v) is 5.62. The van der Waals surface area contributed by atoms with Crippen LogP contribution in [0.5, 0.6) is 0 Å². The minimum Gasteiger partial charge on any atom is -0.384 e. The molecular formula is C13H19NO. The third kappa shape index (κ3) is 2.21. The van der Waals surface area contributed by atoms with E-state index in [0.717, 1.165) is 25.9 Å². The van der Waals surface area contributed by atoms with E-state index in [9.17, 15) is 0 Å². The van der Waals surface area contributed by atoms with Crippen molar-refractivity contribution < 1.29 is 4.74 Å². The summed E-state index contributed by atoms with van der Waals surface area (Å²) in [5, 5.41) is 0. The number of rotatable bonds is 4. The second-order valence-corrected chi connectivity index (χ2v) is 4.45. The lowest BCUT2D eigenvalue weighted by atomic mass is 9.73. The van der Waals surface area contributed by atoms with Crippen molar-refractivity contribution in [3.63, 3.8) is 0 Å². The summed E-state index contributed by atoms with van der Waals surface area (Å²) in [6, 6.07) is 8.68. The zero-order valence-corrected chi connectivity index (χ0v) is 9.33. The minimum atomic E-state index is -0.0280. The molecule has 0 unspecified atom stereocenters. The SMILES string of the molecule is COCCc1ccc(C2(N)CCC2)cc1.